The number of nitrogen functional groups attached to an aromatic ring is 1. The molecule has 0 saturated heterocycles. The first-order valence-electron chi connectivity index (χ1n) is 6.32. The molecule has 6 nitrogen and oxygen atoms in total. The molecule has 0 spiro atoms. The van der Waals surface area contributed by atoms with Crippen LogP contribution in [0.3, 0.4) is 0 Å². The quantitative estimate of drug-likeness (QED) is 0.669. The van der Waals surface area contributed by atoms with Gasteiger partial charge in [0, 0.05) is 31.0 Å². The average Bonchev–Trinajstić information content (AvgIpc) is 2.74. The molecule has 0 fully saturated rings. The zero-order chi connectivity index (χ0) is 15.6. The molecule has 3 N–H and O–H groups in total. The van der Waals surface area contributed by atoms with Crippen LogP contribution < -0.4 is 11.1 Å². The van der Waals surface area contributed by atoms with Crippen molar-refractivity contribution in [3.8, 4) is 0 Å². The standard InChI is InChI=1S/C14H17ClN4O2/c1-8-9(7-19(2)18-8)6-17-13-11(14(20)21-3)4-10(16)5-12(13)15/h4-5,7,17H,6,16H2,1-3H3. The molecule has 0 bridgehead atoms. The highest BCUT2D eigenvalue weighted by atomic mass is 35.5. The van der Waals surface area contributed by atoms with E-state index in [1.54, 1.807) is 10.7 Å². The number of nitrogens with zero attached hydrogens (tertiary/aromatic N) is 2. The molecular formula is C14H17ClN4O2. The van der Waals surface area contributed by atoms with E-state index >= 15 is 0 Å². The molecule has 0 aliphatic rings. The van der Waals surface area contributed by atoms with Gasteiger partial charge in [-0.05, 0) is 19.1 Å². The number of nitrogens with two attached hydrogens (primary N) is 1. The molecule has 7 heteroatoms. The average molecular weight is 309 g/mol. The lowest BCUT2D eigenvalue weighted by molar-refractivity contribution is 0.0602. The Balaban J connectivity index is 2.30. The fourth-order valence-electron chi connectivity index (χ4n) is 2.08. The van der Waals surface area contributed by atoms with Gasteiger partial charge in [-0.25, -0.2) is 4.79 Å². The number of aromatic nitrogens is 2. The van der Waals surface area contributed by atoms with Gasteiger partial charge in [-0.3, -0.25) is 4.68 Å². The monoisotopic (exact) mass is 308 g/mol. The van der Waals surface area contributed by atoms with Crippen molar-refractivity contribution in [1.82, 2.24) is 9.78 Å². The van der Waals surface area contributed by atoms with Crippen LogP contribution in [0, 0.1) is 6.92 Å². The van der Waals surface area contributed by atoms with Crippen LogP contribution in [0.1, 0.15) is 21.6 Å². The van der Waals surface area contributed by atoms with Gasteiger partial charge < -0.3 is 15.8 Å². The summed E-state index contributed by atoms with van der Waals surface area (Å²) in [5.74, 6) is -0.491. The fraction of sp³-hybridized carbons (Fsp3) is 0.286. The molecule has 0 aliphatic carbocycles. The Hall–Kier alpha value is -2.21. The lowest BCUT2D eigenvalue weighted by Gasteiger charge is -2.13. The molecule has 1 aromatic carbocycles. The maximum atomic E-state index is 11.8. The van der Waals surface area contributed by atoms with Crippen LogP contribution in [-0.2, 0) is 18.3 Å². The summed E-state index contributed by atoms with van der Waals surface area (Å²) in [4.78, 5) is 11.8. The molecule has 1 heterocycles. The van der Waals surface area contributed by atoms with Gasteiger partial charge in [0.25, 0.3) is 0 Å². The number of halogens is 1. The zero-order valence-corrected chi connectivity index (χ0v) is 12.9. The lowest BCUT2D eigenvalue weighted by Crippen LogP contribution is -2.10. The molecule has 0 aliphatic heterocycles. The number of carbonyl (C=O) groups is 1. The van der Waals surface area contributed by atoms with E-state index in [9.17, 15) is 4.79 Å². The van der Waals surface area contributed by atoms with Gasteiger partial charge >= 0.3 is 5.97 Å². The Kier molecular flexibility index (Phi) is 4.37. The first-order chi connectivity index (χ1) is 9.92. The Morgan fingerprint density at radius 3 is 2.81 bits per heavy atom. The summed E-state index contributed by atoms with van der Waals surface area (Å²) >= 11 is 6.18. The normalized spacial score (nSPS) is 10.5. The number of rotatable bonds is 4. The first kappa shape index (κ1) is 15.2. The van der Waals surface area contributed by atoms with Crippen molar-refractivity contribution in [3.05, 3.63) is 40.2 Å². The number of hydrogen-bond donors (Lipinski definition) is 2. The van der Waals surface area contributed by atoms with Gasteiger partial charge in [0.1, 0.15) is 0 Å². The number of anilines is 2. The Morgan fingerprint density at radius 2 is 2.24 bits per heavy atom. The van der Waals surface area contributed by atoms with Crippen LogP contribution in [0.2, 0.25) is 5.02 Å². The number of carbonyl (C=O) groups excluding carboxylic acids is 1. The van der Waals surface area contributed by atoms with Crippen LogP contribution in [-0.4, -0.2) is 22.9 Å². The minimum absolute atomic E-state index is 0.309. The van der Waals surface area contributed by atoms with Crippen LogP contribution in [0.15, 0.2) is 18.3 Å². The highest BCUT2D eigenvalue weighted by Gasteiger charge is 2.16. The highest BCUT2D eigenvalue weighted by molar-refractivity contribution is 6.34. The summed E-state index contributed by atoms with van der Waals surface area (Å²) in [6, 6.07) is 3.13. The largest absolute Gasteiger partial charge is 0.465 e. The molecule has 2 rings (SSSR count). The number of nitrogens with one attached hydrogen (secondary N) is 1. The molecule has 112 valence electrons. The van der Waals surface area contributed by atoms with E-state index in [1.165, 1.54) is 13.2 Å². The van der Waals surface area contributed by atoms with E-state index in [4.69, 9.17) is 22.1 Å². The van der Waals surface area contributed by atoms with Crippen molar-refractivity contribution in [3.63, 3.8) is 0 Å². The van der Waals surface area contributed by atoms with E-state index in [0.717, 1.165) is 11.3 Å². The number of hydrogen-bond acceptors (Lipinski definition) is 5. The van der Waals surface area contributed by atoms with Gasteiger partial charge in [-0.15, -0.1) is 0 Å². The van der Waals surface area contributed by atoms with E-state index < -0.39 is 5.97 Å². The molecule has 0 atom stereocenters. The van der Waals surface area contributed by atoms with Crippen molar-refractivity contribution in [2.45, 2.75) is 13.5 Å². The number of benzene rings is 1. The van der Waals surface area contributed by atoms with Crippen molar-refractivity contribution in [2.75, 3.05) is 18.2 Å². The van der Waals surface area contributed by atoms with Gasteiger partial charge in [-0.1, -0.05) is 11.6 Å². The third-order valence-corrected chi connectivity index (χ3v) is 3.39. The molecule has 0 amide bonds. The Bertz CT molecular complexity index is 682. The Labute approximate surface area is 127 Å². The summed E-state index contributed by atoms with van der Waals surface area (Å²) in [7, 11) is 3.17. The second-order valence-electron chi connectivity index (χ2n) is 4.68. The summed E-state index contributed by atoms with van der Waals surface area (Å²) in [5, 5.41) is 7.79. The predicted molar refractivity (Wildman–Crippen MR) is 82.5 cm³/mol. The van der Waals surface area contributed by atoms with E-state index in [2.05, 4.69) is 10.4 Å². The van der Waals surface area contributed by atoms with Crippen molar-refractivity contribution in [1.29, 1.82) is 0 Å². The third kappa shape index (κ3) is 3.28. The van der Waals surface area contributed by atoms with Crippen LogP contribution >= 0.6 is 11.6 Å². The maximum absolute atomic E-state index is 11.8. The minimum Gasteiger partial charge on any atom is -0.465 e. The second kappa shape index (κ2) is 6.05. The topological polar surface area (TPSA) is 82.2 Å². The predicted octanol–water partition coefficient (Wildman–Crippen LogP) is 2.36. The smallest absolute Gasteiger partial charge is 0.340 e. The lowest BCUT2D eigenvalue weighted by atomic mass is 10.1. The molecule has 1 aromatic heterocycles. The van der Waals surface area contributed by atoms with Crippen molar-refractivity contribution < 1.29 is 9.53 Å². The molecule has 21 heavy (non-hydrogen) atoms. The number of esters is 1. The van der Waals surface area contributed by atoms with Crippen LogP contribution in [0.25, 0.3) is 0 Å². The SMILES string of the molecule is COC(=O)c1cc(N)cc(Cl)c1NCc1cn(C)nc1C. The molecule has 0 saturated carbocycles. The van der Waals surface area contributed by atoms with Gasteiger partial charge in [-0.2, -0.15) is 5.10 Å². The summed E-state index contributed by atoms with van der Waals surface area (Å²) in [6.45, 7) is 2.41. The maximum Gasteiger partial charge on any atom is 0.340 e. The first-order valence-corrected chi connectivity index (χ1v) is 6.70. The second-order valence-corrected chi connectivity index (χ2v) is 5.09. The minimum atomic E-state index is -0.491. The summed E-state index contributed by atoms with van der Waals surface area (Å²) < 4.78 is 6.49. The van der Waals surface area contributed by atoms with Gasteiger partial charge in [0.15, 0.2) is 0 Å². The summed E-state index contributed by atoms with van der Waals surface area (Å²) in [6.07, 6.45) is 1.91. The summed E-state index contributed by atoms with van der Waals surface area (Å²) in [5.41, 5.74) is 8.87. The molecular weight excluding hydrogens is 292 g/mol. The number of methoxy groups -OCH3 is 1. The van der Waals surface area contributed by atoms with Crippen LogP contribution in [0.5, 0.6) is 0 Å². The molecule has 0 radical (unpaired) electrons. The Morgan fingerprint density at radius 1 is 1.52 bits per heavy atom. The van der Waals surface area contributed by atoms with Crippen molar-refractivity contribution in [2.24, 2.45) is 7.05 Å². The van der Waals surface area contributed by atoms with Gasteiger partial charge in [0.2, 0.25) is 0 Å². The van der Waals surface area contributed by atoms with E-state index in [-0.39, 0.29) is 0 Å². The zero-order valence-electron chi connectivity index (χ0n) is 12.1. The number of ether oxygens (including phenoxy) is 1. The highest BCUT2D eigenvalue weighted by Crippen LogP contribution is 2.30. The van der Waals surface area contributed by atoms with Crippen LogP contribution in [0.4, 0.5) is 11.4 Å². The van der Waals surface area contributed by atoms with E-state index in [1.807, 2.05) is 20.2 Å². The fourth-order valence-corrected chi connectivity index (χ4v) is 2.38. The van der Waals surface area contributed by atoms with Gasteiger partial charge in [0.05, 0.1) is 29.1 Å². The van der Waals surface area contributed by atoms with E-state index in [0.29, 0.717) is 28.5 Å². The molecule has 0 unspecified atom stereocenters. The third-order valence-electron chi connectivity index (χ3n) is 3.09. The van der Waals surface area contributed by atoms with Crippen molar-refractivity contribution >= 4 is 28.9 Å². The molecule has 2 aromatic rings. The number of aryl methyl sites for hydroxylation is 2.